The Balaban J connectivity index is 0.00000289. The first kappa shape index (κ1) is 24.4. The number of rotatable bonds is 8. The lowest BCUT2D eigenvalue weighted by molar-refractivity contribution is 0.122. The van der Waals surface area contributed by atoms with Crippen LogP contribution >= 0.6 is 24.0 Å². The number of aryl methyl sites for hydroxylation is 1. The minimum Gasteiger partial charge on any atom is -0.378 e. The molecule has 0 saturated carbocycles. The van der Waals surface area contributed by atoms with Gasteiger partial charge in [-0.1, -0.05) is 30.3 Å². The van der Waals surface area contributed by atoms with Gasteiger partial charge in [0.2, 0.25) is 0 Å². The lowest BCUT2D eigenvalue weighted by Gasteiger charge is -2.28. The molecule has 32 heavy (non-hydrogen) atoms. The van der Waals surface area contributed by atoms with Crippen molar-refractivity contribution in [2.45, 2.75) is 26.4 Å². The van der Waals surface area contributed by atoms with Crippen molar-refractivity contribution in [1.82, 2.24) is 15.2 Å². The number of halogens is 1. The Labute approximate surface area is 208 Å². The van der Waals surface area contributed by atoms with Gasteiger partial charge in [-0.3, -0.25) is 0 Å². The van der Waals surface area contributed by atoms with E-state index < -0.39 is 0 Å². The summed E-state index contributed by atoms with van der Waals surface area (Å²) in [5.41, 5.74) is 3.77. The van der Waals surface area contributed by atoms with E-state index in [-0.39, 0.29) is 24.0 Å². The zero-order valence-corrected chi connectivity index (χ0v) is 21.1. The van der Waals surface area contributed by atoms with Crippen LogP contribution in [0.15, 0.2) is 65.8 Å². The van der Waals surface area contributed by atoms with E-state index in [2.05, 4.69) is 87.8 Å². The van der Waals surface area contributed by atoms with Crippen LogP contribution in [0.1, 0.15) is 18.9 Å². The number of ether oxygens (including phenoxy) is 1. The molecule has 0 bridgehead atoms. The molecule has 2 aromatic carbocycles. The van der Waals surface area contributed by atoms with Gasteiger partial charge in [-0.25, -0.2) is 4.99 Å². The van der Waals surface area contributed by atoms with Gasteiger partial charge in [0.15, 0.2) is 5.96 Å². The van der Waals surface area contributed by atoms with Crippen molar-refractivity contribution in [2.75, 3.05) is 44.3 Å². The average Bonchev–Trinajstić information content (AvgIpc) is 3.24. The van der Waals surface area contributed by atoms with E-state index in [1.807, 2.05) is 0 Å². The molecule has 0 unspecified atom stereocenters. The number of hydrogen-bond acceptors (Lipinski definition) is 3. The van der Waals surface area contributed by atoms with Gasteiger partial charge in [-0.15, -0.1) is 24.0 Å². The van der Waals surface area contributed by atoms with Crippen LogP contribution in [0.2, 0.25) is 0 Å². The van der Waals surface area contributed by atoms with E-state index in [9.17, 15) is 0 Å². The van der Waals surface area contributed by atoms with Gasteiger partial charge >= 0.3 is 0 Å². The maximum absolute atomic E-state index is 5.44. The van der Waals surface area contributed by atoms with E-state index in [1.165, 1.54) is 22.2 Å². The molecule has 0 radical (unpaired) electrons. The fourth-order valence-electron chi connectivity index (χ4n) is 3.94. The molecule has 1 aromatic heterocycles. The highest BCUT2D eigenvalue weighted by Gasteiger charge is 2.10. The predicted molar refractivity (Wildman–Crippen MR) is 144 cm³/mol. The number of aliphatic imine (C=N–C) groups is 1. The van der Waals surface area contributed by atoms with Crippen molar-refractivity contribution in [1.29, 1.82) is 0 Å². The van der Waals surface area contributed by atoms with Crippen molar-refractivity contribution in [3.63, 3.8) is 0 Å². The summed E-state index contributed by atoms with van der Waals surface area (Å²) in [7, 11) is 0. The molecule has 0 spiro atoms. The third-order valence-corrected chi connectivity index (χ3v) is 5.63. The van der Waals surface area contributed by atoms with Crippen molar-refractivity contribution in [3.8, 4) is 0 Å². The Morgan fingerprint density at radius 2 is 1.78 bits per heavy atom. The van der Waals surface area contributed by atoms with Crippen LogP contribution in [-0.4, -0.2) is 49.9 Å². The quantitative estimate of drug-likeness (QED) is 0.192. The van der Waals surface area contributed by atoms with E-state index in [1.54, 1.807) is 0 Å². The van der Waals surface area contributed by atoms with Crippen molar-refractivity contribution in [3.05, 3.63) is 66.4 Å². The monoisotopic (exact) mass is 547 g/mol. The Hall–Kier alpha value is -2.26. The first-order valence-electron chi connectivity index (χ1n) is 11.3. The van der Waals surface area contributed by atoms with Gasteiger partial charge in [0.25, 0.3) is 0 Å². The molecule has 3 aromatic rings. The zero-order chi connectivity index (χ0) is 21.3. The molecule has 1 fully saturated rings. The van der Waals surface area contributed by atoms with Crippen LogP contribution in [0.4, 0.5) is 5.69 Å². The molecule has 0 aliphatic carbocycles. The van der Waals surface area contributed by atoms with Crippen LogP contribution < -0.4 is 15.5 Å². The Morgan fingerprint density at radius 1 is 1.00 bits per heavy atom. The highest BCUT2D eigenvalue weighted by atomic mass is 127. The Morgan fingerprint density at radius 3 is 2.56 bits per heavy atom. The average molecular weight is 547 g/mol. The molecule has 1 aliphatic heterocycles. The normalized spacial score (nSPS) is 14.3. The predicted octanol–water partition coefficient (Wildman–Crippen LogP) is 4.24. The third-order valence-electron chi connectivity index (χ3n) is 5.63. The van der Waals surface area contributed by atoms with Gasteiger partial charge in [0.05, 0.1) is 19.8 Å². The number of nitrogens with one attached hydrogen (secondary N) is 2. The second kappa shape index (κ2) is 12.7. The smallest absolute Gasteiger partial charge is 0.191 e. The number of aromatic nitrogens is 1. The molecule has 6 nitrogen and oxygen atoms in total. The molecule has 4 rings (SSSR count). The fourth-order valence-corrected chi connectivity index (χ4v) is 3.94. The number of benzene rings is 2. The SMILES string of the molecule is CCNC(=NCc1ccc(N2CCOCC2)cc1)NCCCn1ccc2ccccc21.I. The first-order valence-corrected chi connectivity index (χ1v) is 11.3. The summed E-state index contributed by atoms with van der Waals surface area (Å²) in [5, 5.41) is 8.11. The van der Waals surface area contributed by atoms with E-state index in [0.717, 1.165) is 58.3 Å². The largest absolute Gasteiger partial charge is 0.378 e. The molecule has 2 heterocycles. The molecular formula is C25H34IN5O. The summed E-state index contributed by atoms with van der Waals surface area (Å²) in [5.74, 6) is 0.872. The molecule has 2 N–H and O–H groups in total. The van der Waals surface area contributed by atoms with Gasteiger partial charge in [-0.05, 0) is 48.6 Å². The highest BCUT2D eigenvalue weighted by molar-refractivity contribution is 14.0. The molecule has 172 valence electrons. The lowest BCUT2D eigenvalue weighted by atomic mass is 10.2. The van der Waals surface area contributed by atoms with Crippen LogP contribution in [0.25, 0.3) is 10.9 Å². The maximum Gasteiger partial charge on any atom is 0.191 e. The third kappa shape index (κ3) is 6.62. The highest BCUT2D eigenvalue weighted by Crippen LogP contribution is 2.17. The second-order valence-corrected chi connectivity index (χ2v) is 7.81. The number of fused-ring (bicyclic) bond motifs is 1. The van der Waals surface area contributed by atoms with E-state index in [4.69, 9.17) is 9.73 Å². The summed E-state index contributed by atoms with van der Waals surface area (Å²) in [6.45, 7) is 9.03. The summed E-state index contributed by atoms with van der Waals surface area (Å²) in [6.07, 6.45) is 3.21. The standard InChI is InChI=1S/C25H33N5O.HI/c1-2-26-25(27-13-5-14-30-15-12-22-6-3-4-7-24(22)30)28-20-21-8-10-23(11-9-21)29-16-18-31-19-17-29;/h3-4,6-12,15H,2,5,13-14,16-20H2,1H3,(H2,26,27,28);1H. The molecule has 1 aliphatic rings. The maximum atomic E-state index is 5.44. The van der Waals surface area contributed by atoms with Crippen molar-refractivity contribution in [2.24, 2.45) is 4.99 Å². The topological polar surface area (TPSA) is 53.8 Å². The van der Waals surface area contributed by atoms with Crippen LogP contribution in [-0.2, 0) is 17.8 Å². The van der Waals surface area contributed by atoms with Gasteiger partial charge < -0.3 is 24.8 Å². The van der Waals surface area contributed by atoms with Crippen LogP contribution in [0, 0.1) is 0 Å². The van der Waals surface area contributed by atoms with Crippen LogP contribution in [0.5, 0.6) is 0 Å². The zero-order valence-electron chi connectivity index (χ0n) is 18.8. The number of morpholine rings is 1. The number of guanidine groups is 1. The Bertz CT molecular complexity index is 979. The summed E-state index contributed by atoms with van der Waals surface area (Å²) < 4.78 is 7.75. The number of anilines is 1. The van der Waals surface area contributed by atoms with Gasteiger partial charge in [0, 0.05) is 50.1 Å². The van der Waals surface area contributed by atoms with Crippen molar-refractivity contribution < 1.29 is 4.74 Å². The van der Waals surface area contributed by atoms with E-state index in [0.29, 0.717) is 6.54 Å². The molecule has 1 saturated heterocycles. The van der Waals surface area contributed by atoms with Gasteiger partial charge in [0.1, 0.15) is 0 Å². The first-order chi connectivity index (χ1) is 15.3. The summed E-state index contributed by atoms with van der Waals surface area (Å²) in [6, 6.07) is 19.4. The number of nitrogens with zero attached hydrogens (tertiary/aromatic N) is 3. The molecule has 7 heteroatoms. The van der Waals surface area contributed by atoms with Crippen molar-refractivity contribution >= 4 is 46.5 Å². The molecule has 0 amide bonds. The lowest BCUT2D eigenvalue weighted by Crippen LogP contribution is -2.38. The number of para-hydroxylation sites is 1. The van der Waals surface area contributed by atoms with Crippen LogP contribution in [0.3, 0.4) is 0 Å². The molecular weight excluding hydrogens is 513 g/mol. The van der Waals surface area contributed by atoms with Gasteiger partial charge in [-0.2, -0.15) is 0 Å². The molecule has 0 atom stereocenters. The minimum atomic E-state index is 0. The fraction of sp³-hybridized carbons (Fsp3) is 0.400. The second-order valence-electron chi connectivity index (χ2n) is 7.81. The van der Waals surface area contributed by atoms with E-state index >= 15 is 0 Å². The summed E-state index contributed by atoms with van der Waals surface area (Å²) >= 11 is 0. The summed E-state index contributed by atoms with van der Waals surface area (Å²) in [4.78, 5) is 7.14. The number of hydrogen-bond donors (Lipinski definition) is 2. The Kier molecular flexibility index (Phi) is 9.67. The minimum absolute atomic E-state index is 0.